The van der Waals surface area contributed by atoms with Gasteiger partial charge >= 0.3 is 0 Å². The van der Waals surface area contributed by atoms with E-state index in [-0.39, 0.29) is 11.9 Å². The molecule has 0 unspecified atom stereocenters. The fourth-order valence-corrected chi connectivity index (χ4v) is 3.59. The van der Waals surface area contributed by atoms with Crippen LogP contribution < -0.4 is 5.32 Å². The summed E-state index contributed by atoms with van der Waals surface area (Å²) >= 11 is 0. The van der Waals surface area contributed by atoms with Crippen molar-refractivity contribution in [2.24, 2.45) is 0 Å². The second kappa shape index (κ2) is 9.05. The number of anilines is 2. The van der Waals surface area contributed by atoms with Crippen molar-refractivity contribution in [3.8, 4) is 0 Å². The molecule has 2 aromatic heterocycles. The number of likely N-dealkylation sites (tertiary alicyclic amines) is 1. The zero-order chi connectivity index (χ0) is 20.1. The van der Waals surface area contributed by atoms with Crippen LogP contribution in [0.3, 0.4) is 0 Å². The molecule has 0 bridgehead atoms. The molecule has 28 heavy (non-hydrogen) atoms. The molecule has 1 atom stereocenters. The number of nitrogens with one attached hydrogen (secondary N) is 1. The molecule has 0 saturated carbocycles. The number of carbonyl (C=O) groups is 1. The molecule has 1 aliphatic heterocycles. The number of hydrogen-bond acceptors (Lipinski definition) is 7. The molecule has 2 aromatic rings. The number of amides is 1. The summed E-state index contributed by atoms with van der Waals surface area (Å²) in [4.78, 5) is 32.5. The SMILES string of the molecule is COCCC(=O)N1CCCC[C@@H]1c1cc(Nc2nc(C)cc(C)n2)nc(C)n1. The molecule has 3 heterocycles. The van der Waals surface area contributed by atoms with Gasteiger partial charge in [-0.3, -0.25) is 4.79 Å². The number of ether oxygens (including phenoxy) is 1. The lowest BCUT2D eigenvalue weighted by Gasteiger charge is -2.35. The van der Waals surface area contributed by atoms with Gasteiger partial charge in [0.1, 0.15) is 11.6 Å². The number of aromatic nitrogens is 4. The first-order valence-electron chi connectivity index (χ1n) is 9.69. The van der Waals surface area contributed by atoms with Crippen LogP contribution in [0.4, 0.5) is 11.8 Å². The average Bonchev–Trinajstić information content (AvgIpc) is 2.64. The van der Waals surface area contributed by atoms with E-state index in [1.54, 1.807) is 7.11 Å². The molecule has 0 aliphatic carbocycles. The summed E-state index contributed by atoms with van der Waals surface area (Å²) in [6.07, 6.45) is 3.37. The van der Waals surface area contributed by atoms with E-state index in [1.807, 2.05) is 37.8 Å². The van der Waals surface area contributed by atoms with Crippen molar-refractivity contribution >= 4 is 17.7 Å². The Balaban J connectivity index is 1.85. The standard InChI is InChI=1S/C20H28N6O2/c1-13-11-14(2)22-20(21-13)25-18-12-16(23-15(3)24-18)17-7-5-6-9-26(17)19(27)8-10-28-4/h11-12,17H,5-10H2,1-4H3,(H,21,22,23,24,25)/t17-/m1/s1. The van der Waals surface area contributed by atoms with Crippen molar-refractivity contribution in [3.05, 3.63) is 35.0 Å². The maximum Gasteiger partial charge on any atom is 0.228 e. The first-order chi connectivity index (χ1) is 13.5. The average molecular weight is 384 g/mol. The van der Waals surface area contributed by atoms with Gasteiger partial charge in [0.25, 0.3) is 0 Å². The van der Waals surface area contributed by atoms with Gasteiger partial charge in [0.15, 0.2) is 0 Å². The second-order valence-electron chi connectivity index (χ2n) is 7.17. The van der Waals surface area contributed by atoms with Crippen LogP contribution in [0.1, 0.15) is 54.6 Å². The van der Waals surface area contributed by atoms with Crippen molar-refractivity contribution in [2.45, 2.75) is 52.5 Å². The van der Waals surface area contributed by atoms with Gasteiger partial charge in [0.2, 0.25) is 11.9 Å². The second-order valence-corrected chi connectivity index (χ2v) is 7.17. The molecule has 1 fully saturated rings. The molecule has 0 spiro atoms. The smallest absolute Gasteiger partial charge is 0.228 e. The summed E-state index contributed by atoms with van der Waals surface area (Å²) in [7, 11) is 1.61. The van der Waals surface area contributed by atoms with E-state index in [0.717, 1.165) is 42.9 Å². The first kappa shape index (κ1) is 20.1. The molecule has 0 aromatic carbocycles. The Morgan fingerprint density at radius 2 is 1.89 bits per heavy atom. The van der Waals surface area contributed by atoms with Crippen molar-refractivity contribution in [1.82, 2.24) is 24.8 Å². The van der Waals surface area contributed by atoms with Crippen LogP contribution in [0.25, 0.3) is 0 Å². The summed E-state index contributed by atoms with van der Waals surface area (Å²) in [5.74, 6) is 1.91. The maximum absolute atomic E-state index is 12.6. The summed E-state index contributed by atoms with van der Waals surface area (Å²) in [6, 6.07) is 3.79. The topological polar surface area (TPSA) is 93.1 Å². The Morgan fingerprint density at radius 3 is 2.61 bits per heavy atom. The predicted octanol–water partition coefficient (Wildman–Crippen LogP) is 3.03. The summed E-state index contributed by atoms with van der Waals surface area (Å²) in [6.45, 7) is 6.90. The number of piperidine rings is 1. The minimum Gasteiger partial charge on any atom is -0.384 e. The first-order valence-corrected chi connectivity index (χ1v) is 9.69. The number of methoxy groups -OCH3 is 1. The summed E-state index contributed by atoms with van der Waals surface area (Å²) in [5.41, 5.74) is 2.64. The number of aryl methyl sites for hydroxylation is 3. The number of rotatable bonds is 6. The van der Waals surface area contributed by atoms with Gasteiger partial charge in [-0.15, -0.1) is 0 Å². The van der Waals surface area contributed by atoms with Gasteiger partial charge in [-0.25, -0.2) is 19.9 Å². The van der Waals surface area contributed by atoms with Gasteiger partial charge < -0.3 is 15.0 Å². The Hall–Kier alpha value is -2.61. The van der Waals surface area contributed by atoms with Crippen LogP contribution in [-0.4, -0.2) is 51.0 Å². The van der Waals surface area contributed by atoms with Crippen molar-refractivity contribution < 1.29 is 9.53 Å². The highest BCUT2D eigenvalue weighted by Gasteiger charge is 2.29. The Labute approximate surface area is 165 Å². The third-order valence-corrected chi connectivity index (χ3v) is 4.76. The third-order valence-electron chi connectivity index (χ3n) is 4.76. The fraction of sp³-hybridized carbons (Fsp3) is 0.550. The highest BCUT2D eigenvalue weighted by molar-refractivity contribution is 5.77. The molecule has 1 saturated heterocycles. The molecule has 8 nitrogen and oxygen atoms in total. The molecule has 150 valence electrons. The van der Waals surface area contributed by atoms with Crippen LogP contribution in [0, 0.1) is 20.8 Å². The van der Waals surface area contributed by atoms with E-state index in [9.17, 15) is 4.79 Å². The zero-order valence-corrected chi connectivity index (χ0v) is 17.0. The van der Waals surface area contributed by atoms with Crippen LogP contribution in [0.5, 0.6) is 0 Å². The molecule has 1 aliphatic rings. The number of carbonyl (C=O) groups excluding carboxylic acids is 1. The van der Waals surface area contributed by atoms with Crippen molar-refractivity contribution in [2.75, 3.05) is 25.6 Å². The van der Waals surface area contributed by atoms with E-state index in [0.29, 0.717) is 30.6 Å². The molecule has 8 heteroatoms. The van der Waals surface area contributed by atoms with Gasteiger partial charge in [-0.2, -0.15) is 0 Å². The van der Waals surface area contributed by atoms with E-state index in [1.165, 1.54) is 0 Å². The van der Waals surface area contributed by atoms with Crippen molar-refractivity contribution in [3.63, 3.8) is 0 Å². The van der Waals surface area contributed by atoms with Crippen LogP contribution in [-0.2, 0) is 9.53 Å². The monoisotopic (exact) mass is 384 g/mol. The Bertz CT molecular complexity index is 821. The molecule has 3 rings (SSSR count). The lowest BCUT2D eigenvalue weighted by molar-refractivity contribution is -0.136. The summed E-state index contributed by atoms with van der Waals surface area (Å²) < 4.78 is 5.07. The highest BCUT2D eigenvalue weighted by atomic mass is 16.5. The molecule has 1 N–H and O–H groups in total. The van der Waals surface area contributed by atoms with E-state index in [2.05, 4.69) is 25.3 Å². The molecule has 1 amide bonds. The Morgan fingerprint density at radius 1 is 1.14 bits per heavy atom. The number of hydrogen-bond donors (Lipinski definition) is 1. The van der Waals surface area contributed by atoms with Gasteiger partial charge in [0.05, 0.1) is 24.8 Å². The van der Waals surface area contributed by atoms with E-state index < -0.39 is 0 Å². The van der Waals surface area contributed by atoms with E-state index in [4.69, 9.17) is 4.74 Å². The van der Waals surface area contributed by atoms with Crippen LogP contribution >= 0.6 is 0 Å². The van der Waals surface area contributed by atoms with Crippen LogP contribution in [0.15, 0.2) is 12.1 Å². The largest absolute Gasteiger partial charge is 0.384 e. The van der Waals surface area contributed by atoms with Crippen molar-refractivity contribution in [1.29, 1.82) is 0 Å². The quantitative estimate of drug-likeness (QED) is 0.818. The van der Waals surface area contributed by atoms with E-state index >= 15 is 0 Å². The Kier molecular flexibility index (Phi) is 6.51. The number of nitrogens with zero attached hydrogens (tertiary/aromatic N) is 5. The summed E-state index contributed by atoms with van der Waals surface area (Å²) in [5, 5.41) is 3.19. The zero-order valence-electron chi connectivity index (χ0n) is 17.0. The maximum atomic E-state index is 12.6. The van der Waals surface area contributed by atoms with Gasteiger partial charge in [0, 0.05) is 31.1 Å². The minimum atomic E-state index is -0.0412. The molecular weight excluding hydrogens is 356 g/mol. The van der Waals surface area contributed by atoms with Gasteiger partial charge in [-0.05, 0) is 46.1 Å². The third kappa shape index (κ3) is 5.01. The predicted molar refractivity (Wildman–Crippen MR) is 106 cm³/mol. The highest BCUT2D eigenvalue weighted by Crippen LogP contribution is 2.31. The molecule has 0 radical (unpaired) electrons. The fourth-order valence-electron chi connectivity index (χ4n) is 3.59. The lowest BCUT2D eigenvalue weighted by atomic mass is 9.98. The minimum absolute atomic E-state index is 0.0412. The molecular formula is C20H28N6O2. The van der Waals surface area contributed by atoms with Crippen LogP contribution in [0.2, 0.25) is 0 Å². The lowest BCUT2D eigenvalue weighted by Crippen LogP contribution is -2.39. The normalized spacial score (nSPS) is 16.9. The van der Waals surface area contributed by atoms with Gasteiger partial charge in [-0.1, -0.05) is 0 Å².